The van der Waals surface area contributed by atoms with Gasteiger partial charge in [-0.25, -0.2) is 4.39 Å². The van der Waals surface area contributed by atoms with Gasteiger partial charge in [0.05, 0.1) is 23.5 Å². The summed E-state index contributed by atoms with van der Waals surface area (Å²) in [4.78, 5) is 36.9. The molecule has 0 bridgehead atoms. The summed E-state index contributed by atoms with van der Waals surface area (Å²) in [6.07, 6.45) is 1.53. The van der Waals surface area contributed by atoms with Crippen LogP contribution in [-0.4, -0.2) is 28.1 Å². The van der Waals surface area contributed by atoms with E-state index in [2.05, 4.69) is 0 Å². The quantitative estimate of drug-likeness (QED) is 0.195. The predicted molar refractivity (Wildman–Crippen MR) is 133 cm³/mol. The second kappa shape index (κ2) is 10.8. The smallest absolute Gasteiger partial charge is 0.293 e. The Labute approximate surface area is 214 Å². The van der Waals surface area contributed by atoms with Crippen molar-refractivity contribution < 1.29 is 28.4 Å². The third kappa shape index (κ3) is 5.50. The number of hydrogen-bond donors (Lipinski definition) is 0. The highest BCUT2D eigenvalue weighted by Crippen LogP contribution is 2.36. The van der Waals surface area contributed by atoms with Crippen molar-refractivity contribution >= 4 is 46.3 Å². The molecule has 1 aliphatic heterocycles. The van der Waals surface area contributed by atoms with Crippen molar-refractivity contribution in [3.8, 4) is 11.5 Å². The largest absolute Gasteiger partial charge is 0.493 e. The zero-order valence-electron chi connectivity index (χ0n) is 18.8. The van der Waals surface area contributed by atoms with Gasteiger partial charge >= 0.3 is 0 Å². The van der Waals surface area contributed by atoms with Crippen molar-refractivity contribution in [2.45, 2.75) is 13.2 Å². The summed E-state index contributed by atoms with van der Waals surface area (Å²) in [6, 6.07) is 15.2. The third-order valence-electron chi connectivity index (χ3n) is 5.25. The molecule has 0 aromatic heterocycles. The second-order valence-electron chi connectivity index (χ2n) is 7.59. The van der Waals surface area contributed by atoms with E-state index in [-0.39, 0.29) is 34.3 Å². The Hall–Kier alpha value is -3.89. The fourth-order valence-corrected chi connectivity index (χ4v) is 4.50. The maximum atomic E-state index is 14.1. The average Bonchev–Trinajstić information content (AvgIpc) is 3.12. The van der Waals surface area contributed by atoms with E-state index in [0.717, 1.165) is 16.7 Å². The van der Waals surface area contributed by atoms with Crippen LogP contribution in [-0.2, 0) is 17.9 Å². The van der Waals surface area contributed by atoms with E-state index < -0.39 is 21.9 Å². The van der Waals surface area contributed by atoms with Crippen molar-refractivity contribution in [1.29, 1.82) is 0 Å². The number of non-ortho nitro benzene ring substituents is 1. The molecule has 1 aliphatic rings. The van der Waals surface area contributed by atoms with Crippen molar-refractivity contribution in [1.82, 2.24) is 4.90 Å². The van der Waals surface area contributed by atoms with Gasteiger partial charge in [0.25, 0.3) is 16.8 Å². The molecule has 1 saturated heterocycles. The van der Waals surface area contributed by atoms with Crippen LogP contribution in [0.15, 0.2) is 65.6 Å². The lowest BCUT2D eigenvalue weighted by atomic mass is 10.1. The molecule has 36 heavy (non-hydrogen) atoms. The van der Waals surface area contributed by atoms with Gasteiger partial charge in [0.1, 0.15) is 12.4 Å². The molecule has 0 aliphatic carbocycles. The number of ether oxygens (including phenoxy) is 2. The molecule has 0 radical (unpaired) electrons. The molecule has 0 N–H and O–H groups in total. The molecule has 3 aromatic carbocycles. The molecule has 184 valence electrons. The average molecular weight is 529 g/mol. The van der Waals surface area contributed by atoms with Crippen LogP contribution in [0.2, 0.25) is 5.02 Å². The fraction of sp³-hybridized carbons (Fsp3) is 0.120. The molecule has 0 unspecified atom stereocenters. The Balaban J connectivity index is 1.50. The van der Waals surface area contributed by atoms with Crippen LogP contribution in [0.4, 0.5) is 14.9 Å². The maximum absolute atomic E-state index is 14.1. The Morgan fingerprint density at radius 2 is 1.89 bits per heavy atom. The topological polar surface area (TPSA) is 99.0 Å². The number of hydrogen-bond acceptors (Lipinski definition) is 7. The Morgan fingerprint density at radius 1 is 1.11 bits per heavy atom. The lowest BCUT2D eigenvalue weighted by molar-refractivity contribution is -0.384. The van der Waals surface area contributed by atoms with Crippen LogP contribution in [0.1, 0.15) is 16.7 Å². The zero-order valence-corrected chi connectivity index (χ0v) is 20.3. The zero-order chi connectivity index (χ0) is 25.8. The van der Waals surface area contributed by atoms with Crippen LogP contribution in [0.5, 0.6) is 11.5 Å². The van der Waals surface area contributed by atoms with E-state index in [0.29, 0.717) is 22.6 Å². The number of thioether (sulfide) groups is 1. The highest BCUT2D eigenvalue weighted by molar-refractivity contribution is 8.18. The van der Waals surface area contributed by atoms with Gasteiger partial charge in [-0.3, -0.25) is 24.6 Å². The van der Waals surface area contributed by atoms with Crippen LogP contribution in [0.25, 0.3) is 6.08 Å². The summed E-state index contributed by atoms with van der Waals surface area (Å²) in [5.41, 5.74) is 1.21. The van der Waals surface area contributed by atoms with Gasteiger partial charge in [-0.15, -0.1) is 0 Å². The van der Waals surface area contributed by atoms with Gasteiger partial charge in [-0.2, -0.15) is 0 Å². The molecule has 0 atom stereocenters. The Kier molecular flexibility index (Phi) is 7.56. The Morgan fingerprint density at radius 3 is 2.61 bits per heavy atom. The first-order valence-corrected chi connectivity index (χ1v) is 11.7. The number of methoxy groups -OCH3 is 1. The number of amides is 2. The minimum atomic E-state index is -0.601. The second-order valence-corrected chi connectivity index (χ2v) is 8.99. The van der Waals surface area contributed by atoms with Crippen LogP contribution in [0.3, 0.4) is 0 Å². The molecular formula is C25H18ClFN2O6S. The van der Waals surface area contributed by atoms with E-state index in [1.807, 2.05) is 0 Å². The van der Waals surface area contributed by atoms with E-state index >= 15 is 0 Å². The van der Waals surface area contributed by atoms with Gasteiger partial charge in [0, 0.05) is 22.7 Å². The summed E-state index contributed by atoms with van der Waals surface area (Å²) < 4.78 is 25.3. The number of carbonyl (C=O) groups is 2. The molecule has 0 saturated carbocycles. The van der Waals surface area contributed by atoms with E-state index in [9.17, 15) is 24.1 Å². The predicted octanol–water partition coefficient (Wildman–Crippen LogP) is 6.21. The summed E-state index contributed by atoms with van der Waals surface area (Å²) in [5.74, 6) is -0.403. The lowest BCUT2D eigenvalue weighted by Crippen LogP contribution is -2.28. The van der Waals surface area contributed by atoms with Crippen LogP contribution < -0.4 is 9.47 Å². The van der Waals surface area contributed by atoms with Crippen molar-refractivity contribution in [2.24, 2.45) is 0 Å². The number of nitro groups is 1. The number of rotatable bonds is 8. The summed E-state index contributed by atoms with van der Waals surface area (Å²) in [6.45, 7) is -0.198. The maximum Gasteiger partial charge on any atom is 0.293 e. The van der Waals surface area contributed by atoms with E-state index in [4.69, 9.17) is 21.1 Å². The third-order valence-corrected chi connectivity index (χ3v) is 6.51. The SMILES string of the molecule is COc1cc(/C=C2\SC(=O)N(Cc3c(F)cccc3Cl)C2=O)ccc1OCc1cccc([N+](=O)[O-])c1. The minimum Gasteiger partial charge on any atom is -0.493 e. The van der Waals surface area contributed by atoms with Crippen molar-refractivity contribution in [3.05, 3.63) is 103 Å². The molecule has 3 aromatic rings. The summed E-state index contributed by atoms with van der Waals surface area (Å²) in [7, 11) is 1.45. The first-order chi connectivity index (χ1) is 17.3. The van der Waals surface area contributed by atoms with Crippen LogP contribution >= 0.6 is 23.4 Å². The number of nitro benzene ring substituents is 1. The monoisotopic (exact) mass is 528 g/mol. The number of imide groups is 1. The number of carbonyl (C=O) groups excluding carboxylic acids is 2. The van der Waals surface area contributed by atoms with Crippen molar-refractivity contribution in [3.63, 3.8) is 0 Å². The Bertz CT molecular complexity index is 1380. The first kappa shape index (κ1) is 25.2. The molecule has 0 spiro atoms. The summed E-state index contributed by atoms with van der Waals surface area (Å²) in [5, 5.41) is 10.6. The van der Waals surface area contributed by atoms with Gasteiger partial charge < -0.3 is 9.47 Å². The van der Waals surface area contributed by atoms with Gasteiger partial charge in [-0.1, -0.05) is 35.9 Å². The van der Waals surface area contributed by atoms with Gasteiger partial charge in [0.15, 0.2) is 11.5 Å². The molecule has 1 fully saturated rings. The highest BCUT2D eigenvalue weighted by atomic mass is 35.5. The van der Waals surface area contributed by atoms with Gasteiger partial charge in [0.2, 0.25) is 0 Å². The molecule has 8 nitrogen and oxygen atoms in total. The fourth-order valence-electron chi connectivity index (χ4n) is 3.44. The minimum absolute atomic E-state index is 0.0374. The summed E-state index contributed by atoms with van der Waals surface area (Å²) >= 11 is 6.78. The van der Waals surface area contributed by atoms with Gasteiger partial charge in [-0.05, 0) is 53.2 Å². The molecule has 11 heteroatoms. The number of benzene rings is 3. The molecule has 1 heterocycles. The highest BCUT2D eigenvalue weighted by Gasteiger charge is 2.36. The lowest BCUT2D eigenvalue weighted by Gasteiger charge is -2.14. The number of nitrogens with zero attached hydrogens (tertiary/aromatic N) is 2. The normalized spacial score (nSPS) is 14.4. The standard InChI is InChI=1S/C25H18ClFN2O6S/c1-34-22-11-15(8-9-21(22)35-14-16-4-2-5-17(10-16)29(32)33)12-23-24(30)28(25(31)36-23)13-18-19(26)6-3-7-20(18)27/h2-12H,13-14H2,1H3/b23-12-. The van der Waals surface area contributed by atoms with E-state index in [1.165, 1.54) is 43.5 Å². The first-order valence-electron chi connectivity index (χ1n) is 10.5. The molecular weight excluding hydrogens is 511 g/mol. The van der Waals surface area contributed by atoms with Crippen LogP contribution in [0, 0.1) is 15.9 Å². The molecule has 2 amide bonds. The molecule has 4 rings (SSSR count). The van der Waals surface area contributed by atoms with E-state index in [1.54, 1.807) is 30.3 Å². The van der Waals surface area contributed by atoms with Crippen molar-refractivity contribution in [2.75, 3.05) is 7.11 Å². The number of halogens is 2.